The van der Waals surface area contributed by atoms with Gasteiger partial charge in [-0.2, -0.15) is 0 Å². The summed E-state index contributed by atoms with van der Waals surface area (Å²) in [7, 11) is 1.96. The van der Waals surface area contributed by atoms with Crippen molar-refractivity contribution in [2.24, 2.45) is 7.05 Å². The Kier molecular flexibility index (Phi) is 6.83. The first-order valence-electron chi connectivity index (χ1n) is 9.44. The molecule has 0 bridgehead atoms. The molecule has 2 amide bonds. The van der Waals surface area contributed by atoms with Crippen LogP contribution >= 0.6 is 23.2 Å². The predicted molar refractivity (Wildman–Crippen MR) is 119 cm³/mol. The Balaban J connectivity index is 1.72. The van der Waals surface area contributed by atoms with Gasteiger partial charge in [0, 0.05) is 35.7 Å². The summed E-state index contributed by atoms with van der Waals surface area (Å²) >= 11 is 12.1. The van der Waals surface area contributed by atoms with Crippen molar-refractivity contribution in [3.8, 4) is 0 Å². The number of rotatable bonds is 7. The number of hydrogen-bond acceptors (Lipinski definition) is 2. The first kappa shape index (κ1) is 21.2. The van der Waals surface area contributed by atoms with Gasteiger partial charge >= 0.3 is 0 Å². The summed E-state index contributed by atoms with van der Waals surface area (Å²) in [6, 6.07) is 12.8. The van der Waals surface area contributed by atoms with Crippen LogP contribution in [-0.4, -0.2) is 34.4 Å². The Morgan fingerprint density at radius 3 is 2.66 bits per heavy atom. The number of nitrogens with zero attached hydrogens (tertiary/aromatic N) is 2. The summed E-state index contributed by atoms with van der Waals surface area (Å²) in [5.41, 5.74) is 2.46. The summed E-state index contributed by atoms with van der Waals surface area (Å²) in [5, 5.41) is 4.66. The normalized spacial score (nSPS) is 10.9. The molecule has 1 N–H and O–H groups in total. The van der Waals surface area contributed by atoms with Crippen LogP contribution < -0.4 is 5.32 Å². The average Bonchev–Trinajstić information content (AvgIpc) is 3.00. The quantitative estimate of drug-likeness (QED) is 0.577. The zero-order chi connectivity index (χ0) is 21.0. The minimum Gasteiger partial charge on any atom is -0.350 e. The third-order valence-corrected chi connectivity index (χ3v) is 5.27. The van der Waals surface area contributed by atoms with E-state index in [2.05, 4.69) is 5.32 Å². The molecular weight excluding hydrogens is 409 g/mol. The molecule has 5 nitrogen and oxygen atoms in total. The van der Waals surface area contributed by atoms with Gasteiger partial charge in [-0.1, -0.05) is 48.3 Å². The van der Waals surface area contributed by atoms with Gasteiger partial charge in [0.2, 0.25) is 11.8 Å². The molecular formula is C22H23Cl2N3O2. The summed E-state index contributed by atoms with van der Waals surface area (Å²) in [4.78, 5) is 27.1. The van der Waals surface area contributed by atoms with Gasteiger partial charge in [-0.25, -0.2) is 0 Å². The highest BCUT2D eigenvalue weighted by atomic mass is 35.5. The van der Waals surface area contributed by atoms with Gasteiger partial charge in [0.25, 0.3) is 0 Å². The highest BCUT2D eigenvalue weighted by molar-refractivity contribution is 6.35. The largest absolute Gasteiger partial charge is 0.350 e. The number of para-hydroxylation sites is 1. The van der Waals surface area contributed by atoms with Crippen molar-refractivity contribution in [3.63, 3.8) is 0 Å². The number of fused-ring (bicyclic) bond motifs is 1. The molecule has 7 heteroatoms. The van der Waals surface area contributed by atoms with E-state index in [9.17, 15) is 9.59 Å². The molecule has 2 aromatic carbocycles. The van der Waals surface area contributed by atoms with Crippen LogP contribution in [0.1, 0.15) is 18.9 Å². The maximum atomic E-state index is 13.0. The predicted octanol–water partition coefficient (Wildman–Crippen LogP) is 4.90. The zero-order valence-electron chi connectivity index (χ0n) is 16.4. The van der Waals surface area contributed by atoms with Crippen LogP contribution in [0.2, 0.25) is 10.0 Å². The molecule has 3 rings (SSSR count). The van der Waals surface area contributed by atoms with Gasteiger partial charge in [-0.3, -0.25) is 9.59 Å². The van der Waals surface area contributed by atoms with Crippen LogP contribution in [0.3, 0.4) is 0 Å². The molecule has 0 radical (unpaired) electrons. The highest BCUT2D eigenvalue weighted by Crippen LogP contribution is 2.25. The molecule has 0 aliphatic carbocycles. The smallest absolute Gasteiger partial charge is 0.244 e. The summed E-state index contributed by atoms with van der Waals surface area (Å²) in [5.74, 6) is -0.399. The lowest BCUT2D eigenvalue weighted by Crippen LogP contribution is -2.39. The second-order valence-electron chi connectivity index (χ2n) is 6.95. The maximum absolute atomic E-state index is 13.0. The lowest BCUT2D eigenvalue weighted by atomic mass is 10.1. The van der Waals surface area contributed by atoms with Crippen molar-refractivity contribution in [2.75, 3.05) is 18.4 Å². The van der Waals surface area contributed by atoms with Crippen molar-refractivity contribution in [1.82, 2.24) is 9.47 Å². The van der Waals surface area contributed by atoms with Gasteiger partial charge in [-0.15, -0.1) is 0 Å². The van der Waals surface area contributed by atoms with E-state index in [0.29, 0.717) is 22.3 Å². The van der Waals surface area contributed by atoms with E-state index in [1.165, 1.54) is 0 Å². The van der Waals surface area contributed by atoms with Gasteiger partial charge < -0.3 is 14.8 Å². The Morgan fingerprint density at radius 2 is 1.90 bits per heavy atom. The second kappa shape index (κ2) is 9.33. The van der Waals surface area contributed by atoms with Crippen molar-refractivity contribution >= 4 is 51.6 Å². The number of anilines is 1. The maximum Gasteiger partial charge on any atom is 0.244 e. The number of hydrogen-bond donors (Lipinski definition) is 1. The number of benzene rings is 2. The molecule has 0 aliphatic heterocycles. The molecule has 1 aromatic heterocycles. The first-order chi connectivity index (χ1) is 13.9. The lowest BCUT2D eigenvalue weighted by Gasteiger charge is -2.22. The first-order valence-corrected chi connectivity index (χ1v) is 10.2. The molecule has 0 aliphatic rings. The fraction of sp³-hybridized carbons (Fsp3) is 0.273. The van der Waals surface area contributed by atoms with E-state index in [-0.39, 0.29) is 24.8 Å². The van der Waals surface area contributed by atoms with Crippen LogP contribution in [0.15, 0.2) is 48.7 Å². The fourth-order valence-electron chi connectivity index (χ4n) is 3.36. The summed E-state index contributed by atoms with van der Waals surface area (Å²) < 4.78 is 2.01. The van der Waals surface area contributed by atoms with Crippen LogP contribution in [0.25, 0.3) is 10.9 Å². The molecule has 0 saturated heterocycles. The van der Waals surface area contributed by atoms with E-state index in [1.807, 2.05) is 49.0 Å². The molecule has 152 valence electrons. The van der Waals surface area contributed by atoms with Crippen LogP contribution in [-0.2, 0) is 23.1 Å². The monoisotopic (exact) mass is 431 g/mol. The number of aryl methyl sites for hydroxylation is 1. The van der Waals surface area contributed by atoms with Crippen LogP contribution in [0.5, 0.6) is 0 Å². The average molecular weight is 432 g/mol. The summed E-state index contributed by atoms with van der Waals surface area (Å²) in [6.07, 6.45) is 2.97. The molecule has 29 heavy (non-hydrogen) atoms. The summed E-state index contributed by atoms with van der Waals surface area (Å²) in [6.45, 7) is 2.44. The number of carbonyl (C=O) groups excluding carboxylic acids is 2. The molecule has 0 spiro atoms. The van der Waals surface area contributed by atoms with Gasteiger partial charge in [0.05, 0.1) is 23.7 Å². The second-order valence-corrected chi connectivity index (χ2v) is 7.79. The van der Waals surface area contributed by atoms with Gasteiger partial charge in [0.1, 0.15) is 0 Å². The molecule has 1 heterocycles. The Hall–Kier alpha value is -2.50. The van der Waals surface area contributed by atoms with Gasteiger partial charge in [-0.05, 0) is 36.2 Å². The van der Waals surface area contributed by atoms with E-state index in [4.69, 9.17) is 23.2 Å². The van der Waals surface area contributed by atoms with Crippen molar-refractivity contribution < 1.29 is 9.59 Å². The van der Waals surface area contributed by atoms with E-state index in [0.717, 1.165) is 22.9 Å². The molecule has 3 aromatic rings. The minimum atomic E-state index is -0.311. The van der Waals surface area contributed by atoms with Crippen molar-refractivity contribution in [1.29, 1.82) is 0 Å². The van der Waals surface area contributed by atoms with Crippen LogP contribution in [0, 0.1) is 0 Å². The fourth-order valence-corrected chi connectivity index (χ4v) is 3.70. The van der Waals surface area contributed by atoms with Crippen LogP contribution in [0.4, 0.5) is 5.69 Å². The van der Waals surface area contributed by atoms with Crippen molar-refractivity contribution in [3.05, 3.63) is 64.3 Å². The third-order valence-electron chi connectivity index (χ3n) is 4.70. The van der Waals surface area contributed by atoms with E-state index in [1.54, 1.807) is 23.1 Å². The number of aromatic nitrogens is 1. The third kappa shape index (κ3) is 5.11. The lowest BCUT2D eigenvalue weighted by molar-refractivity contribution is -0.134. The highest BCUT2D eigenvalue weighted by Gasteiger charge is 2.19. The van der Waals surface area contributed by atoms with Crippen molar-refractivity contribution in [2.45, 2.75) is 19.8 Å². The molecule has 0 atom stereocenters. The number of nitrogens with one attached hydrogen (secondary N) is 1. The Morgan fingerprint density at radius 1 is 1.14 bits per heavy atom. The Labute approximate surface area is 180 Å². The topological polar surface area (TPSA) is 54.3 Å². The standard InChI is InChI=1S/C22H23Cl2N3O2/c1-3-10-27(14-21(28)25-19-12-16(23)8-9-18(19)24)22(29)11-15-13-26(2)20-7-5-4-6-17(15)20/h4-9,12-13H,3,10-11,14H2,1-2H3,(H,25,28). The minimum absolute atomic E-state index is 0.0414. The zero-order valence-corrected chi connectivity index (χ0v) is 17.9. The Bertz CT molecular complexity index is 1050. The number of halogens is 2. The molecule has 0 unspecified atom stereocenters. The number of carbonyl (C=O) groups is 2. The molecule has 0 saturated carbocycles. The SMILES string of the molecule is CCCN(CC(=O)Nc1cc(Cl)ccc1Cl)C(=O)Cc1cn(C)c2ccccc12. The van der Waals surface area contributed by atoms with E-state index >= 15 is 0 Å². The van der Waals surface area contributed by atoms with Gasteiger partial charge in [0.15, 0.2) is 0 Å². The number of amides is 2. The molecule has 0 fully saturated rings. The van der Waals surface area contributed by atoms with E-state index < -0.39 is 0 Å².